The highest BCUT2D eigenvalue weighted by Gasteiger charge is 2.21. The number of aromatic nitrogens is 1. The molecule has 0 radical (unpaired) electrons. The molecule has 0 amide bonds. The Morgan fingerprint density at radius 1 is 1.35 bits per heavy atom. The third-order valence-electron chi connectivity index (χ3n) is 4.19. The van der Waals surface area contributed by atoms with Crippen molar-refractivity contribution < 1.29 is 5.11 Å². The Labute approximate surface area is 122 Å². The summed E-state index contributed by atoms with van der Waals surface area (Å²) >= 11 is 0. The minimum absolute atomic E-state index is 0.0702. The number of nitrogens with zero attached hydrogens (tertiary/aromatic N) is 3. The smallest absolute Gasteiger partial charge is 0.131 e. The van der Waals surface area contributed by atoms with Crippen LogP contribution in [0, 0.1) is 12.8 Å². The van der Waals surface area contributed by atoms with E-state index in [-0.39, 0.29) is 6.61 Å². The molecule has 1 N–H and O–H groups in total. The van der Waals surface area contributed by atoms with Gasteiger partial charge in [-0.05, 0) is 69.9 Å². The van der Waals surface area contributed by atoms with Crippen molar-refractivity contribution in [3.8, 4) is 0 Å². The van der Waals surface area contributed by atoms with Crippen LogP contribution in [-0.2, 0) is 6.61 Å². The van der Waals surface area contributed by atoms with Crippen molar-refractivity contribution in [1.82, 2.24) is 9.88 Å². The molecule has 1 saturated heterocycles. The summed E-state index contributed by atoms with van der Waals surface area (Å²) in [7, 11) is 4.29. The molecule has 0 aromatic carbocycles. The number of hydrogen-bond donors (Lipinski definition) is 1. The van der Waals surface area contributed by atoms with Gasteiger partial charge in [0, 0.05) is 19.3 Å². The zero-order valence-electron chi connectivity index (χ0n) is 13.0. The summed E-state index contributed by atoms with van der Waals surface area (Å²) in [5.41, 5.74) is 2.07. The van der Waals surface area contributed by atoms with Crippen molar-refractivity contribution in [2.75, 3.05) is 38.6 Å². The van der Waals surface area contributed by atoms with Crippen LogP contribution in [0.4, 0.5) is 5.82 Å². The fourth-order valence-electron chi connectivity index (χ4n) is 2.92. The zero-order chi connectivity index (χ0) is 14.5. The number of pyridine rings is 1. The van der Waals surface area contributed by atoms with Crippen molar-refractivity contribution in [2.45, 2.75) is 32.8 Å². The van der Waals surface area contributed by atoms with Gasteiger partial charge >= 0.3 is 0 Å². The molecule has 112 valence electrons. The zero-order valence-corrected chi connectivity index (χ0v) is 13.0. The molecule has 1 aliphatic rings. The fourth-order valence-corrected chi connectivity index (χ4v) is 2.92. The van der Waals surface area contributed by atoms with E-state index in [1.165, 1.54) is 31.4 Å². The quantitative estimate of drug-likeness (QED) is 0.894. The summed E-state index contributed by atoms with van der Waals surface area (Å²) in [6, 6.07) is 2.04. The third-order valence-corrected chi connectivity index (χ3v) is 4.19. The SMILES string of the molecule is Cc1cc(CO)cnc1N1CCC(CCN(C)C)CC1. The van der Waals surface area contributed by atoms with Crippen molar-refractivity contribution in [1.29, 1.82) is 0 Å². The average molecular weight is 277 g/mol. The lowest BCUT2D eigenvalue weighted by Gasteiger charge is -2.34. The molecule has 1 fully saturated rings. The first-order valence-corrected chi connectivity index (χ1v) is 7.56. The summed E-state index contributed by atoms with van der Waals surface area (Å²) in [6.07, 6.45) is 5.62. The van der Waals surface area contributed by atoms with Gasteiger partial charge < -0.3 is 14.9 Å². The van der Waals surface area contributed by atoms with Crippen LogP contribution < -0.4 is 4.90 Å². The highest BCUT2D eigenvalue weighted by atomic mass is 16.3. The highest BCUT2D eigenvalue weighted by molar-refractivity contribution is 5.47. The number of hydrogen-bond acceptors (Lipinski definition) is 4. The van der Waals surface area contributed by atoms with Crippen molar-refractivity contribution in [3.63, 3.8) is 0 Å². The summed E-state index contributed by atoms with van der Waals surface area (Å²) in [4.78, 5) is 9.19. The lowest BCUT2D eigenvalue weighted by molar-refractivity contribution is 0.281. The van der Waals surface area contributed by atoms with E-state index >= 15 is 0 Å². The maximum absolute atomic E-state index is 9.14. The van der Waals surface area contributed by atoms with Gasteiger partial charge in [0.15, 0.2) is 0 Å². The van der Waals surface area contributed by atoms with Gasteiger partial charge in [-0.3, -0.25) is 0 Å². The normalized spacial score (nSPS) is 16.9. The van der Waals surface area contributed by atoms with Crippen molar-refractivity contribution in [3.05, 3.63) is 23.4 Å². The van der Waals surface area contributed by atoms with Gasteiger partial charge in [0.2, 0.25) is 0 Å². The van der Waals surface area contributed by atoms with Gasteiger partial charge in [0.1, 0.15) is 5.82 Å². The Morgan fingerprint density at radius 3 is 2.60 bits per heavy atom. The van der Waals surface area contributed by atoms with Crippen LogP contribution in [0.15, 0.2) is 12.3 Å². The van der Waals surface area contributed by atoms with E-state index in [1.807, 2.05) is 6.07 Å². The van der Waals surface area contributed by atoms with E-state index in [0.717, 1.165) is 30.4 Å². The minimum Gasteiger partial charge on any atom is -0.392 e. The Balaban J connectivity index is 1.90. The molecule has 4 heteroatoms. The van der Waals surface area contributed by atoms with E-state index in [9.17, 15) is 0 Å². The van der Waals surface area contributed by atoms with Gasteiger partial charge in [0.25, 0.3) is 0 Å². The standard InChI is InChI=1S/C16H27N3O/c1-13-10-15(12-20)11-17-16(13)19-8-5-14(6-9-19)4-7-18(2)3/h10-11,14,20H,4-9,12H2,1-3H3. The van der Waals surface area contributed by atoms with E-state index in [2.05, 4.69) is 35.8 Å². The summed E-state index contributed by atoms with van der Waals surface area (Å²) in [5.74, 6) is 1.94. The molecule has 1 aliphatic heterocycles. The maximum Gasteiger partial charge on any atom is 0.131 e. The highest BCUT2D eigenvalue weighted by Crippen LogP contribution is 2.26. The number of rotatable bonds is 5. The molecule has 20 heavy (non-hydrogen) atoms. The van der Waals surface area contributed by atoms with Crippen LogP contribution in [0.2, 0.25) is 0 Å². The van der Waals surface area contributed by atoms with Crippen LogP contribution in [-0.4, -0.2) is 48.7 Å². The monoisotopic (exact) mass is 277 g/mol. The van der Waals surface area contributed by atoms with E-state index in [0.29, 0.717) is 0 Å². The molecule has 0 bridgehead atoms. The van der Waals surface area contributed by atoms with E-state index in [1.54, 1.807) is 6.20 Å². The molecule has 0 spiro atoms. The first-order chi connectivity index (χ1) is 9.60. The van der Waals surface area contributed by atoms with Crippen molar-refractivity contribution in [2.24, 2.45) is 5.92 Å². The molecule has 1 aromatic heterocycles. The van der Waals surface area contributed by atoms with Crippen LogP contribution in [0.25, 0.3) is 0 Å². The molecule has 4 nitrogen and oxygen atoms in total. The molecule has 0 atom stereocenters. The Kier molecular flexibility index (Phi) is 5.38. The van der Waals surface area contributed by atoms with Crippen LogP contribution >= 0.6 is 0 Å². The van der Waals surface area contributed by atoms with E-state index < -0.39 is 0 Å². The topological polar surface area (TPSA) is 39.6 Å². The van der Waals surface area contributed by atoms with Crippen LogP contribution in [0.3, 0.4) is 0 Å². The number of anilines is 1. The van der Waals surface area contributed by atoms with Gasteiger partial charge in [-0.1, -0.05) is 0 Å². The molecular formula is C16H27N3O. The predicted octanol–water partition coefficient (Wildman–Crippen LogP) is 2.05. The average Bonchev–Trinajstić information content (AvgIpc) is 2.45. The summed E-state index contributed by atoms with van der Waals surface area (Å²) in [6.45, 7) is 5.54. The maximum atomic E-state index is 9.14. The number of aliphatic hydroxyl groups is 1. The van der Waals surface area contributed by atoms with Crippen LogP contribution in [0.5, 0.6) is 0 Å². The Morgan fingerprint density at radius 2 is 2.05 bits per heavy atom. The van der Waals surface area contributed by atoms with Gasteiger partial charge in [-0.2, -0.15) is 0 Å². The first kappa shape index (κ1) is 15.3. The lowest BCUT2D eigenvalue weighted by atomic mass is 9.93. The number of piperidine rings is 1. The summed E-state index contributed by atoms with van der Waals surface area (Å²) in [5, 5.41) is 9.14. The van der Waals surface area contributed by atoms with E-state index in [4.69, 9.17) is 5.11 Å². The minimum atomic E-state index is 0.0702. The lowest BCUT2D eigenvalue weighted by Crippen LogP contribution is -2.35. The third kappa shape index (κ3) is 3.93. The molecule has 0 unspecified atom stereocenters. The Bertz CT molecular complexity index is 426. The number of aryl methyl sites for hydroxylation is 1. The first-order valence-electron chi connectivity index (χ1n) is 7.56. The Hall–Kier alpha value is -1.13. The molecule has 2 heterocycles. The van der Waals surface area contributed by atoms with Crippen LogP contribution in [0.1, 0.15) is 30.4 Å². The van der Waals surface area contributed by atoms with Gasteiger partial charge in [-0.25, -0.2) is 4.98 Å². The fraction of sp³-hybridized carbons (Fsp3) is 0.688. The second kappa shape index (κ2) is 7.04. The van der Waals surface area contributed by atoms with Gasteiger partial charge in [-0.15, -0.1) is 0 Å². The molecule has 0 saturated carbocycles. The summed E-state index contributed by atoms with van der Waals surface area (Å²) < 4.78 is 0. The van der Waals surface area contributed by atoms with Crippen molar-refractivity contribution >= 4 is 5.82 Å². The van der Waals surface area contributed by atoms with Gasteiger partial charge in [0.05, 0.1) is 6.61 Å². The molecular weight excluding hydrogens is 250 g/mol. The predicted molar refractivity (Wildman–Crippen MR) is 83.0 cm³/mol. The number of aliphatic hydroxyl groups excluding tert-OH is 1. The molecule has 2 rings (SSSR count). The largest absolute Gasteiger partial charge is 0.392 e. The molecule has 0 aliphatic carbocycles. The molecule has 1 aromatic rings. The second-order valence-electron chi connectivity index (χ2n) is 6.16. The second-order valence-corrected chi connectivity index (χ2v) is 6.16.